The van der Waals surface area contributed by atoms with Gasteiger partial charge in [0.25, 0.3) is 0 Å². The van der Waals surface area contributed by atoms with Gasteiger partial charge in [-0.05, 0) is 12.5 Å². The molecule has 0 radical (unpaired) electrons. The number of nitrogen functional groups attached to an aromatic ring is 1. The second kappa shape index (κ2) is 5.26. The molecule has 0 bridgehead atoms. The molecule has 0 saturated heterocycles. The van der Waals surface area contributed by atoms with E-state index < -0.39 is 6.04 Å². The van der Waals surface area contributed by atoms with E-state index in [2.05, 4.69) is 11.6 Å². The third-order valence-corrected chi connectivity index (χ3v) is 2.14. The van der Waals surface area contributed by atoms with Gasteiger partial charge in [-0.15, -0.1) is 6.58 Å². The van der Waals surface area contributed by atoms with Crippen LogP contribution in [-0.2, 0) is 11.2 Å². The summed E-state index contributed by atoms with van der Waals surface area (Å²) in [6, 6.07) is 1.17. The highest BCUT2D eigenvalue weighted by atomic mass is 16.1. The first-order valence-corrected chi connectivity index (χ1v) is 4.72. The zero-order valence-corrected chi connectivity index (χ0v) is 8.52. The number of Topliss-reactive ketones (excluding diaryl/α,β-unsaturated/α-hetero) is 1. The zero-order chi connectivity index (χ0) is 11.3. The number of nitrogens with zero attached hydrogens (tertiary/aromatic N) is 1. The normalized spacial score (nSPS) is 12.1. The summed E-state index contributed by atoms with van der Waals surface area (Å²) in [5.41, 5.74) is 12.6. The van der Waals surface area contributed by atoms with Crippen LogP contribution in [0.25, 0.3) is 0 Å². The Hall–Kier alpha value is -1.68. The predicted octanol–water partition coefficient (Wildman–Crippen LogP) is 0.679. The van der Waals surface area contributed by atoms with E-state index in [9.17, 15) is 4.79 Å². The number of ketones is 1. The third kappa shape index (κ3) is 3.18. The maximum absolute atomic E-state index is 11.6. The van der Waals surface area contributed by atoms with Crippen molar-refractivity contribution in [3.63, 3.8) is 0 Å². The van der Waals surface area contributed by atoms with E-state index in [1.807, 2.05) is 0 Å². The first-order valence-electron chi connectivity index (χ1n) is 4.72. The van der Waals surface area contributed by atoms with Crippen molar-refractivity contribution >= 4 is 11.5 Å². The van der Waals surface area contributed by atoms with Gasteiger partial charge in [0.1, 0.15) is 0 Å². The molecule has 1 atom stereocenters. The van der Waals surface area contributed by atoms with Crippen molar-refractivity contribution in [1.29, 1.82) is 0 Å². The van der Waals surface area contributed by atoms with Crippen molar-refractivity contribution in [2.75, 3.05) is 5.73 Å². The number of carbonyl (C=O) groups excluding carboxylic acids is 1. The van der Waals surface area contributed by atoms with Gasteiger partial charge in [0.05, 0.1) is 6.04 Å². The summed E-state index contributed by atoms with van der Waals surface area (Å²) in [5, 5.41) is 0. The minimum atomic E-state index is -0.498. The summed E-state index contributed by atoms with van der Waals surface area (Å²) in [7, 11) is 0. The Balaban J connectivity index is 2.66. The molecule has 0 fully saturated rings. The highest BCUT2D eigenvalue weighted by Crippen LogP contribution is 2.10. The summed E-state index contributed by atoms with van der Waals surface area (Å²) in [6.45, 7) is 3.54. The fourth-order valence-corrected chi connectivity index (χ4v) is 1.22. The van der Waals surface area contributed by atoms with E-state index in [0.717, 1.165) is 5.56 Å². The van der Waals surface area contributed by atoms with Gasteiger partial charge in [-0.25, -0.2) is 0 Å². The molecular weight excluding hydrogens is 190 g/mol. The highest BCUT2D eigenvalue weighted by Gasteiger charge is 2.13. The van der Waals surface area contributed by atoms with Crippen molar-refractivity contribution < 1.29 is 4.79 Å². The first kappa shape index (κ1) is 11.4. The maximum atomic E-state index is 11.6. The van der Waals surface area contributed by atoms with E-state index in [0.29, 0.717) is 12.1 Å². The van der Waals surface area contributed by atoms with Crippen LogP contribution in [0.2, 0.25) is 0 Å². The number of aromatic nitrogens is 1. The molecule has 0 aromatic carbocycles. The number of anilines is 1. The predicted molar refractivity (Wildman–Crippen MR) is 60.1 cm³/mol. The van der Waals surface area contributed by atoms with Gasteiger partial charge in [-0.3, -0.25) is 9.78 Å². The van der Waals surface area contributed by atoms with Gasteiger partial charge in [0, 0.05) is 30.1 Å². The summed E-state index contributed by atoms with van der Waals surface area (Å²) in [4.78, 5) is 15.5. The van der Waals surface area contributed by atoms with Crippen molar-refractivity contribution in [3.05, 3.63) is 36.7 Å². The Morgan fingerprint density at radius 1 is 1.67 bits per heavy atom. The van der Waals surface area contributed by atoms with Crippen LogP contribution in [0.3, 0.4) is 0 Å². The molecule has 0 amide bonds. The van der Waals surface area contributed by atoms with Crippen LogP contribution in [0.1, 0.15) is 12.0 Å². The van der Waals surface area contributed by atoms with Gasteiger partial charge < -0.3 is 11.5 Å². The standard InChI is InChI=1S/C11H15N3O/c1-2-3-10(13)11(15)6-8-7-14-5-4-9(8)12/h2,4-5,7,10H,1,3,6,13H2,(H2,12,14). The minimum Gasteiger partial charge on any atom is -0.398 e. The Labute approximate surface area is 89.0 Å². The van der Waals surface area contributed by atoms with E-state index >= 15 is 0 Å². The van der Waals surface area contributed by atoms with Crippen molar-refractivity contribution in [3.8, 4) is 0 Å². The molecule has 4 heteroatoms. The lowest BCUT2D eigenvalue weighted by atomic mass is 10.0. The molecule has 0 aliphatic heterocycles. The minimum absolute atomic E-state index is 0.0467. The van der Waals surface area contributed by atoms with E-state index in [-0.39, 0.29) is 12.2 Å². The summed E-state index contributed by atoms with van der Waals surface area (Å²) >= 11 is 0. The smallest absolute Gasteiger partial charge is 0.154 e. The number of carbonyl (C=O) groups is 1. The Morgan fingerprint density at radius 3 is 3.00 bits per heavy atom. The lowest BCUT2D eigenvalue weighted by Crippen LogP contribution is -2.31. The van der Waals surface area contributed by atoms with E-state index in [4.69, 9.17) is 11.5 Å². The number of rotatable bonds is 5. The van der Waals surface area contributed by atoms with Crippen LogP contribution in [0.15, 0.2) is 31.1 Å². The van der Waals surface area contributed by atoms with E-state index in [1.165, 1.54) is 0 Å². The molecule has 15 heavy (non-hydrogen) atoms. The molecule has 0 aliphatic rings. The first-order chi connectivity index (χ1) is 7.15. The second-order valence-electron chi connectivity index (χ2n) is 3.35. The van der Waals surface area contributed by atoms with Crippen LogP contribution in [-0.4, -0.2) is 16.8 Å². The van der Waals surface area contributed by atoms with Gasteiger partial charge >= 0.3 is 0 Å². The molecule has 1 unspecified atom stereocenters. The lowest BCUT2D eigenvalue weighted by Gasteiger charge is -2.08. The molecule has 1 aromatic heterocycles. The van der Waals surface area contributed by atoms with Gasteiger partial charge in [-0.2, -0.15) is 0 Å². The monoisotopic (exact) mass is 205 g/mol. The Bertz CT molecular complexity index is 363. The lowest BCUT2D eigenvalue weighted by molar-refractivity contribution is -0.119. The molecule has 0 aliphatic carbocycles. The largest absolute Gasteiger partial charge is 0.398 e. The summed E-state index contributed by atoms with van der Waals surface area (Å²) < 4.78 is 0. The maximum Gasteiger partial charge on any atom is 0.154 e. The van der Waals surface area contributed by atoms with Crippen LogP contribution in [0.4, 0.5) is 5.69 Å². The molecule has 80 valence electrons. The van der Waals surface area contributed by atoms with Crippen molar-refractivity contribution in [1.82, 2.24) is 4.98 Å². The van der Waals surface area contributed by atoms with Gasteiger partial charge in [0.2, 0.25) is 0 Å². The zero-order valence-electron chi connectivity index (χ0n) is 8.52. The van der Waals surface area contributed by atoms with Gasteiger partial charge in [0.15, 0.2) is 5.78 Å². The molecule has 1 aromatic rings. The Morgan fingerprint density at radius 2 is 2.40 bits per heavy atom. The molecule has 4 nitrogen and oxygen atoms in total. The molecule has 1 heterocycles. The molecule has 4 N–H and O–H groups in total. The third-order valence-electron chi connectivity index (χ3n) is 2.14. The van der Waals surface area contributed by atoms with Crippen LogP contribution in [0.5, 0.6) is 0 Å². The molecular formula is C11H15N3O. The van der Waals surface area contributed by atoms with Crippen LogP contribution in [0, 0.1) is 0 Å². The molecule has 0 spiro atoms. The number of pyridine rings is 1. The van der Waals surface area contributed by atoms with Gasteiger partial charge in [-0.1, -0.05) is 6.08 Å². The Kier molecular flexibility index (Phi) is 4.00. The topological polar surface area (TPSA) is 82.0 Å². The fourth-order valence-electron chi connectivity index (χ4n) is 1.22. The molecule has 0 saturated carbocycles. The number of nitrogens with two attached hydrogens (primary N) is 2. The van der Waals surface area contributed by atoms with Crippen molar-refractivity contribution in [2.24, 2.45) is 5.73 Å². The molecule has 1 rings (SSSR count). The highest BCUT2D eigenvalue weighted by molar-refractivity contribution is 5.87. The second-order valence-corrected chi connectivity index (χ2v) is 3.35. The quantitative estimate of drug-likeness (QED) is 0.692. The van der Waals surface area contributed by atoms with Crippen LogP contribution < -0.4 is 11.5 Å². The number of hydrogen-bond acceptors (Lipinski definition) is 4. The fraction of sp³-hybridized carbons (Fsp3) is 0.273. The van der Waals surface area contributed by atoms with E-state index in [1.54, 1.807) is 24.5 Å². The summed E-state index contributed by atoms with van der Waals surface area (Å²) in [5.74, 6) is -0.0467. The van der Waals surface area contributed by atoms with Crippen LogP contribution >= 0.6 is 0 Å². The average molecular weight is 205 g/mol. The van der Waals surface area contributed by atoms with Crippen molar-refractivity contribution in [2.45, 2.75) is 18.9 Å². The summed E-state index contributed by atoms with van der Waals surface area (Å²) in [6.07, 6.45) is 5.53. The number of hydrogen-bond donors (Lipinski definition) is 2. The SMILES string of the molecule is C=CCC(N)C(=O)Cc1cnccc1N. The average Bonchev–Trinajstić information content (AvgIpc) is 2.21.